The van der Waals surface area contributed by atoms with Gasteiger partial charge in [-0.1, -0.05) is 6.92 Å². The first-order valence-electron chi connectivity index (χ1n) is 5.68. The quantitative estimate of drug-likeness (QED) is 0.932. The van der Waals surface area contributed by atoms with Crippen molar-refractivity contribution in [2.45, 2.75) is 26.1 Å². The zero-order valence-corrected chi connectivity index (χ0v) is 10.1. The molecule has 7 heteroatoms. The summed E-state index contributed by atoms with van der Waals surface area (Å²) >= 11 is 0. The molecule has 0 aliphatic heterocycles. The highest BCUT2D eigenvalue weighted by Crippen LogP contribution is 2.27. The number of hydrogen-bond acceptors (Lipinski definition) is 3. The van der Waals surface area contributed by atoms with E-state index in [1.165, 1.54) is 12.3 Å². The Balaban J connectivity index is 2.43. The molecule has 19 heavy (non-hydrogen) atoms. The number of alkyl halides is 3. The molecule has 0 amide bonds. The largest absolute Gasteiger partial charge is 0.435 e. The summed E-state index contributed by atoms with van der Waals surface area (Å²) in [6.45, 7) is 1.67. The van der Waals surface area contributed by atoms with Crippen molar-refractivity contribution < 1.29 is 18.3 Å². The van der Waals surface area contributed by atoms with Crippen LogP contribution in [0.3, 0.4) is 0 Å². The number of nitrogens with zero attached hydrogens (tertiary/aromatic N) is 3. The fraction of sp³-hybridized carbons (Fsp3) is 0.333. The molecular weight excluding hydrogens is 259 g/mol. The van der Waals surface area contributed by atoms with Crippen LogP contribution in [0.2, 0.25) is 0 Å². The van der Waals surface area contributed by atoms with Crippen molar-refractivity contribution in [2.75, 3.05) is 0 Å². The van der Waals surface area contributed by atoms with Gasteiger partial charge in [-0.2, -0.15) is 18.3 Å². The van der Waals surface area contributed by atoms with Crippen LogP contribution in [0.15, 0.2) is 24.4 Å². The molecule has 4 nitrogen and oxygen atoms in total. The van der Waals surface area contributed by atoms with E-state index < -0.39 is 11.9 Å². The topological polar surface area (TPSA) is 50.9 Å². The van der Waals surface area contributed by atoms with Crippen LogP contribution in [0, 0.1) is 0 Å². The van der Waals surface area contributed by atoms with Crippen molar-refractivity contribution in [2.24, 2.45) is 0 Å². The molecule has 102 valence electrons. The van der Waals surface area contributed by atoms with Crippen molar-refractivity contribution in [3.63, 3.8) is 0 Å². The standard InChI is InChI=1S/C12H12F3N3O/c1-2-9-5-8(7-19)6-11(16-9)18-4-3-10(17-18)12(13,14)15/h3-6,19H,2,7H2,1H3. The van der Waals surface area contributed by atoms with Crippen LogP contribution in [0.25, 0.3) is 5.82 Å². The third kappa shape index (κ3) is 2.93. The lowest BCUT2D eigenvalue weighted by molar-refractivity contribution is -0.141. The summed E-state index contributed by atoms with van der Waals surface area (Å²) in [6, 6.07) is 4.10. The highest BCUT2D eigenvalue weighted by Gasteiger charge is 2.33. The monoisotopic (exact) mass is 271 g/mol. The van der Waals surface area contributed by atoms with Gasteiger partial charge in [-0.15, -0.1) is 0 Å². The van der Waals surface area contributed by atoms with E-state index in [1.54, 1.807) is 6.07 Å². The molecule has 0 fully saturated rings. The second kappa shape index (κ2) is 5.00. The number of pyridine rings is 1. The van der Waals surface area contributed by atoms with E-state index in [4.69, 9.17) is 5.11 Å². The Labute approximate surface area is 107 Å². The Morgan fingerprint density at radius 1 is 1.32 bits per heavy atom. The van der Waals surface area contributed by atoms with Gasteiger partial charge in [-0.05, 0) is 30.2 Å². The second-order valence-electron chi connectivity index (χ2n) is 3.98. The Hall–Kier alpha value is -1.89. The van der Waals surface area contributed by atoms with Crippen molar-refractivity contribution in [1.82, 2.24) is 14.8 Å². The van der Waals surface area contributed by atoms with E-state index in [0.29, 0.717) is 17.7 Å². The fourth-order valence-electron chi connectivity index (χ4n) is 1.63. The summed E-state index contributed by atoms with van der Waals surface area (Å²) in [5, 5.41) is 12.6. The van der Waals surface area contributed by atoms with Crippen LogP contribution in [0.4, 0.5) is 13.2 Å². The average Bonchev–Trinajstić information content (AvgIpc) is 2.87. The van der Waals surface area contributed by atoms with E-state index in [9.17, 15) is 13.2 Å². The van der Waals surface area contributed by atoms with Crippen LogP contribution >= 0.6 is 0 Å². The van der Waals surface area contributed by atoms with E-state index in [0.717, 1.165) is 10.7 Å². The lowest BCUT2D eigenvalue weighted by Crippen LogP contribution is -2.08. The maximum Gasteiger partial charge on any atom is 0.435 e. The molecule has 0 atom stereocenters. The van der Waals surface area contributed by atoms with Crippen LogP contribution in [-0.4, -0.2) is 19.9 Å². The number of aryl methyl sites for hydroxylation is 1. The number of aromatic nitrogens is 3. The van der Waals surface area contributed by atoms with Gasteiger partial charge in [0.25, 0.3) is 0 Å². The molecule has 0 unspecified atom stereocenters. The molecule has 0 aliphatic rings. The molecule has 2 aromatic heterocycles. The first-order valence-corrected chi connectivity index (χ1v) is 5.68. The van der Waals surface area contributed by atoms with E-state index in [-0.39, 0.29) is 12.4 Å². The first-order chi connectivity index (χ1) is 8.94. The number of halogens is 3. The maximum atomic E-state index is 12.5. The highest BCUT2D eigenvalue weighted by atomic mass is 19.4. The minimum Gasteiger partial charge on any atom is -0.392 e. The fourth-order valence-corrected chi connectivity index (χ4v) is 1.63. The summed E-state index contributed by atoms with van der Waals surface area (Å²) in [5.74, 6) is 0.263. The van der Waals surface area contributed by atoms with E-state index in [1.807, 2.05) is 6.92 Å². The smallest absolute Gasteiger partial charge is 0.392 e. The van der Waals surface area contributed by atoms with Crippen molar-refractivity contribution in [3.8, 4) is 5.82 Å². The third-order valence-corrected chi connectivity index (χ3v) is 2.58. The molecule has 0 aromatic carbocycles. The van der Waals surface area contributed by atoms with Crippen LogP contribution < -0.4 is 0 Å². The molecule has 0 saturated carbocycles. The molecule has 2 heterocycles. The zero-order valence-electron chi connectivity index (χ0n) is 10.1. The molecule has 0 saturated heterocycles. The Morgan fingerprint density at radius 2 is 2.05 bits per heavy atom. The van der Waals surface area contributed by atoms with Gasteiger partial charge in [0.1, 0.15) is 0 Å². The minimum atomic E-state index is -4.48. The minimum absolute atomic E-state index is 0.198. The maximum absolute atomic E-state index is 12.5. The van der Waals surface area contributed by atoms with Crippen molar-refractivity contribution >= 4 is 0 Å². The van der Waals surface area contributed by atoms with Crippen molar-refractivity contribution in [1.29, 1.82) is 0 Å². The summed E-state index contributed by atoms with van der Waals surface area (Å²) < 4.78 is 38.5. The van der Waals surface area contributed by atoms with E-state index in [2.05, 4.69) is 10.1 Å². The number of aliphatic hydroxyl groups excluding tert-OH is 1. The Morgan fingerprint density at radius 3 is 2.58 bits per heavy atom. The van der Waals surface area contributed by atoms with Crippen LogP contribution in [-0.2, 0) is 19.2 Å². The Bertz CT molecular complexity index is 556. The SMILES string of the molecule is CCc1cc(CO)cc(-n2ccc(C(F)(F)F)n2)n1. The van der Waals surface area contributed by atoms with Gasteiger partial charge in [-0.25, -0.2) is 9.67 Å². The van der Waals surface area contributed by atoms with Crippen LogP contribution in [0.5, 0.6) is 0 Å². The molecule has 0 aliphatic carbocycles. The highest BCUT2D eigenvalue weighted by molar-refractivity contribution is 5.30. The molecule has 1 N–H and O–H groups in total. The van der Waals surface area contributed by atoms with Gasteiger partial charge in [-0.3, -0.25) is 0 Å². The van der Waals surface area contributed by atoms with Gasteiger partial charge < -0.3 is 5.11 Å². The predicted molar refractivity (Wildman–Crippen MR) is 61.7 cm³/mol. The van der Waals surface area contributed by atoms with Gasteiger partial charge in [0, 0.05) is 11.9 Å². The summed E-state index contributed by atoms with van der Waals surface area (Å²) in [6.07, 6.45) is -2.66. The van der Waals surface area contributed by atoms with Gasteiger partial charge in [0.2, 0.25) is 0 Å². The summed E-state index contributed by atoms with van der Waals surface area (Å²) in [5.41, 5.74) is 0.304. The lowest BCUT2D eigenvalue weighted by Gasteiger charge is -2.06. The van der Waals surface area contributed by atoms with Gasteiger partial charge in [0.15, 0.2) is 11.5 Å². The third-order valence-electron chi connectivity index (χ3n) is 2.58. The van der Waals surface area contributed by atoms with Gasteiger partial charge >= 0.3 is 6.18 Å². The normalized spacial score (nSPS) is 11.8. The van der Waals surface area contributed by atoms with E-state index >= 15 is 0 Å². The number of rotatable bonds is 3. The molecule has 0 spiro atoms. The predicted octanol–water partition coefficient (Wildman–Crippen LogP) is 2.34. The Kier molecular flexibility index (Phi) is 3.57. The molecule has 2 rings (SSSR count). The van der Waals surface area contributed by atoms with Crippen LogP contribution in [0.1, 0.15) is 23.9 Å². The molecule has 0 bridgehead atoms. The van der Waals surface area contributed by atoms with Crippen molar-refractivity contribution in [3.05, 3.63) is 41.3 Å². The molecule has 0 radical (unpaired) electrons. The summed E-state index contributed by atoms with van der Waals surface area (Å²) in [7, 11) is 0. The molecular formula is C12H12F3N3O. The number of aliphatic hydroxyl groups is 1. The average molecular weight is 271 g/mol. The number of hydrogen-bond donors (Lipinski definition) is 1. The second-order valence-corrected chi connectivity index (χ2v) is 3.98. The lowest BCUT2D eigenvalue weighted by atomic mass is 10.2. The summed E-state index contributed by atoms with van der Waals surface area (Å²) in [4.78, 5) is 4.19. The van der Waals surface area contributed by atoms with Gasteiger partial charge in [0.05, 0.1) is 6.61 Å². The molecule has 2 aromatic rings. The first kappa shape index (κ1) is 13.5. The zero-order chi connectivity index (χ0) is 14.0.